The molecule has 2 aromatic carbocycles. The van der Waals surface area contributed by atoms with E-state index in [1.807, 2.05) is 31.2 Å². The maximum Gasteiger partial charge on any atom is 0.257 e. The van der Waals surface area contributed by atoms with Crippen molar-refractivity contribution in [2.45, 2.75) is 27.2 Å². The Morgan fingerprint density at radius 2 is 1.79 bits per heavy atom. The van der Waals surface area contributed by atoms with Gasteiger partial charge in [-0.3, -0.25) is 9.59 Å². The summed E-state index contributed by atoms with van der Waals surface area (Å²) in [6.45, 7) is 8.55. The average Bonchev–Trinajstić information content (AvgIpc) is 2.71. The minimum Gasteiger partial charge on any atom is -0.484 e. The van der Waals surface area contributed by atoms with Crippen LogP contribution in [0.5, 0.6) is 5.75 Å². The lowest BCUT2D eigenvalue weighted by molar-refractivity contribution is -0.122. The fraction of sp³-hybridized carbons (Fsp3) is 0.364. The van der Waals surface area contributed by atoms with Crippen LogP contribution in [-0.4, -0.2) is 38.1 Å². The highest BCUT2D eigenvalue weighted by atomic mass is 16.5. The zero-order valence-corrected chi connectivity index (χ0v) is 16.8. The Balaban J connectivity index is 1.98. The van der Waals surface area contributed by atoms with Gasteiger partial charge in [0.25, 0.3) is 11.8 Å². The second kappa shape index (κ2) is 11.0. The summed E-state index contributed by atoms with van der Waals surface area (Å²) in [4.78, 5) is 26.3. The molecule has 0 saturated carbocycles. The molecule has 6 nitrogen and oxygen atoms in total. The van der Waals surface area contributed by atoms with Crippen molar-refractivity contribution in [1.29, 1.82) is 0 Å². The van der Waals surface area contributed by atoms with Crippen LogP contribution >= 0.6 is 0 Å². The third-order valence-electron chi connectivity index (χ3n) is 4.21. The van der Waals surface area contributed by atoms with Crippen molar-refractivity contribution < 1.29 is 14.3 Å². The van der Waals surface area contributed by atoms with E-state index in [-0.39, 0.29) is 18.4 Å². The number of nitrogens with one attached hydrogen (secondary N) is 2. The highest BCUT2D eigenvalue weighted by molar-refractivity contribution is 6.04. The van der Waals surface area contributed by atoms with Gasteiger partial charge in [-0.25, -0.2) is 0 Å². The number of likely N-dealkylation sites (N-methyl/N-ethyl adjacent to an activating group) is 1. The van der Waals surface area contributed by atoms with Crippen LogP contribution in [0.15, 0.2) is 48.5 Å². The third-order valence-corrected chi connectivity index (χ3v) is 4.21. The maximum atomic E-state index is 12.5. The van der Waals surface area contributed by atoms with Gasteiger partial charge in [0.1, 0.15) is 5.75 Å². The molecule has 2 rings (SSSR count). The molecule has 0 aliphatic rings. The van der Waals surface area contributed by atoms with Crippen molar-refractivity contribution in [3.8, 4) is 5.75 Å². The lowest BCUT2D eigenvalue weighted by Crippen LogP contribution is -2.28. The quantitative estimate of drug-likeness (QED) is 0.656. The molecule has 0 saturated heterocycles. The van der Waals surface area contributed by atoms with Crippen LogP contribution in [-0.2, 0) is 4.79 Å². The normalized spacial score (nSPS) is 10.2. The summed E-state index contributed by atoms with van der Waals surface area (Å²) in [5.41, 5.74) is 2.32. The topological polar surface area (TPSA) is 70.7 Å². The van der Waals surface area contributed by atoms with E-state index in [0.29, 0.717) is 23.5 Å². The smallest absolute Gasteiger partial charge is 0.257 e. The van der Waals surface area contributed by atoms with E-state index in [0.717, 1.165) is 25.2 Å². The fourth-order valence-corrected chi connectivity index (χ4v) is 2.83. The summed E-state index contributed by atoms with van der Waals surface area (Å²) in [6.07, 6.45) is 1.08. The van der Waals surface area contributed by atoms with E-state index in [1.165, 1.54) is 0 Å². The Morgan fingerprint density at radius 3 is 2.43 bits per heavy atom. The number of anilines is 2. The van der Waals surface area contributed by atoms with Gasteiger partial charge in [0, 0.05) is 42.6 Å². The second-order valence-electron chi connectivity index (χ2n) is 6.35. The first kappa shape index (κ1) is 21.3. The van der Waals surface area contributed by atoms with Gasteiger partial charge in [0.05, 0.1) is 0 Å². The molecule has 0 spiro atoms. The summed E-state index contributed by atoms with van der Waals surface area (Å²) >= 11 is 0. The van der Waals surface area contributed by atoms with Crippen molar-refractivity contribution in [1.82, 2.24) is 5.32 Å². The predicted molar refractivity (Wildman–Crippen MR) is 113 cm³/mol. The lowest BCUT2D eigenvalue weighted by atomic mass is 10.1. The molecule has 2 N–H and O–H groups in total. The van der Waals surface area contributed by atoms with E-state index < -0.39 is 0 Å². The Morgan fingerprint density at radius 1 is 1.04 bits per heavy atom. The highest BCUT2D eigenvalue weighted by Crippen LogP contribution is 2.20. The van der Waals surface area contributed by atoms with Gasteiger partial charge in [0.2, 0.25) is 0 Å². The zero-order valence-electron chi connectivity index (χ0n) is 16.8. The second-order valence-corrected chi connectivity index (χ2v) is 6.35. The summed E-state index contributed by atoms with van der Waals surface area (Å²) < 4.78 is 5.46. The number of rotatable bonds is 10. The zero-order chi connectivity index (χ0) is 20.4. The van der Waals surface area contributed by atoms with E-state index in [4.69, 9.17) is 4.74 Å². The van der Waals surface area contributed by atoms with Crippen molar-refractivity contribution >= 4 is 23.2 Å². The van der Waals surface area contributed by atoms with E-state index >= 15 is 0 Å². The molecule has 0 atom stereocenters. The van der Waals surface area contributed by atoms with Crippen LogP contribution in [0, 0.1) is 0 Å². The molecule has 0 radical (unpaired) electrons. The maximum absolute atomic E-state index is 12.5. The number of carbonyl (C=O) groups excluding carboxylic acids is 2. The largest absolute Gasteiger partial charge is 0.484 e. The van der Waals surface area contributed by atoms with Crippen LogP contribution in [0.4, 0.5) is 11.4 Å². The standard InChI is InChI=1S/C22H29N3O3/c1-4-14-25(6-3)19-12-10-17(11-13-19)22(27)24-18-8-7-9-20(15-18)28-16-21(26)23-5-2/h7-13,15H,4-6,14,16H2,1-3H3,(H,23,26)(H,24,27). The molecule has 0 fully saturated rings. The van der Waals surface area contributed by atoms with Gasteiger partial charge in [-0.15, -0.1) is 0 Å². The van der Waals surface area contributed by atoms with Gasteiger partial charge in [-0.2, -0.15) is 0 Å². The van der Waals surface area contributed by atoms with Crippen molar-refractivity contribution in [3.63, 3.8) is 0 Å². The van der Waals surface area contributed by atoms with E-state index in [2.05, 4.69) is 29.4 Å². The Bertz CT molecular complexity index is 775. The Hall–Kier alpha value is -3.02. The Kier molecular flexibility index (Phi) is 8.34. The average molecular weight is 383 g/mol. The molecule has 150 valence electrons. The van der Waals surface area contributed by atoms with Gasteiger partial charge < -0.3 is 20.3 Å². The van der Waals surface area contributed by atoms with Crippen LogP contribution in [0.2, 0.25) is 0 Å². The molecule has 0 heterocycles. The number of hydrogen-bond acceptors (Lipinski definition) is 4. The van der Waals surface area contributed by atoms with E-state index in [9.17, 15) is 9.59 Å². The lowest BCUT2D eigenvalue weighted by Gasteiger charge is -2.22. The van der Waals surface area contributed by atoms with Gasteiger partial charge in [0.15, 0.2) is 6.61 Å². The molecule has 28 heavy (non-hydrogen) atoms. The number of amides is 2. The van der Waals surface area contributed by atoms with Crippen molar-refractivity contribution in [2.24, 2.45) is 0 Å². The van der Waals surface area contributed by atoms with Crippen LogP contribution < -0.4 is 20.3 Å². The fourth-order valence-electron chi connectivity index (χ4n) is 2.83. The predicted octanol–water partition coefficient (Wildman–Crippen LogP) is 3.69. The number of nitrogens with zero attached hydrogens (tertiary/aromatic N) is 1. The highest BCUT2D eigenvalue weighted by Gasteiger charge is 2.09. The molecule has 0 unspecified atom stereocenters. The number of benzene rings is 2. The van der Waals surface area contributed by atoms with Crippen LogP contribution in [0.3, 0.4) is 0 Å². The summed E-state index contributed by atoms with van der Waals surface area (Å²) in [5, 5.41) is 5.54. The molecule has 6 heteroatoms. The minimum absolute atomic E-state index is 0.0572. The SMILES string of the molecule is CCCN(CC)c1ccc(C(=O)Nc2cccc(OCC(=O)NCC)c2)cc1. The first-order chi connectivity index (χ1) is 13.6. The Labute approximate surface area is 166 Å². The molecule has 0 aromatic heterocycles. The minimum atomic E-state index is -0.189. The molecule has 0 aliphatic heterocycles. The van der Waals surface area contributed by atoms with Gasteiger partial charge in [-0.1, -0.05) is 13.0 Å². The van der Waals surface area contributed by atoms with Gasteiger partial charge in [-0.05, 0) is 56.7 Å². The van der Waals surface area contributed by atoms with E-state index in [1.54, 1.807) is 24.3 Å². The first-order valence-electron chi connectivity index (χ1n) is 9.73. The van der Waals surface area contributed by atoms with Crippen LogP contribution in [0.1, 0.15) is 37.6 Å². The summed E-state index contributed by atoms with van der Waals surface area (Å²) in [6, 6.07) is 14.6. The van der Waals surface area contributed by atoms with Gasteiger partial charge >= 0.3 is 0 Å². The molecule has 2 amide bonds. The van der Waals surface area contributed by atoms with Crippen molar-refractivity contribution in [3.05, 3.63) is 54.1 Å². The first-order valence-corrected chi connectivity index (χ1v) is 9.73. The number of ether oxygens (including phenoxy) is 1. The molecular weight excluding hydrogens is 354 g/mol. The third kappa shape index (κ3) is 6.30. The van der Waals surface area contributed by atoms with Crippen molar-refractivity contribution in [2.75, 3.05) is 36.5 Å². The molecule has 0 aliphatic carbocycles. The molecular formula is C22H29N3O3. The van der Waals surface area contributed by atoms with Crippen LogP contribution in [0.25, 0.3) is 0 Å². The molecule has 0 bridgehead atoms. The number of hydrogen-bond donors (Lipinski definition) is 2. The monoisotopic (exact) mass is 383 g/mol. The summed E-state index contributed by atoms with van der Waals surface area (Å²) in [5.74, 6) is 0.157. The summed E-state index contributed by atoms with van der Waals surface area (Å²) in [7, 11) is 0. The molecule has 2 aromatic rings. The number of carbonyl (C=O) groups is 2.